The van der Waals surface area contributed by atoms with Crippen molar-refractivity contribution < 1.29 is 18.3 Å². The molecule has 1 amide bonds. The number of nitrogens with zero attached hydrogens (tertiary/aromatic N) is 3. The number of hydrogen-bond donors (Lipinski definition) is 1. The highest BCUT2D eigenvalue weighted by molar-refractivity contribution is 7.89. The Morgan fingerprint density at radius 2 is 1.57 bits per heavy atom. The number of amides is 1. The highest BCUT2D eigenvalue weighted by Crippen LogP contribution is 2.27. The summed E-state index contributed by atoms with van der Waals surface area (Å²) in [6.45, 7) is 6.42. The molecule has 1 aliphatic heterocycles. The Morgan fingerprint density at radius 3 is 2.19 bits per heavy atom. The van der Waals surface area contributed by atoms with E-state index in [0.29, 0.717) is 30.4 Å². The van der Waals surface area contributed by atoms with Gasteiger partial charge in [-0.15, -0.1) is 0 Å². The summed E-state index contributed by atoms with van der Waals surface area (Å²) >= 11 is 0. The number of aryl methyl sites for hydroxylation is 1. The molecule has 1 heterocycles. The highest BCUT2D eigenvalue weighted by atomic mass is 32.2. The zero-order valence-electron chi connectivity index (χ0n) is 24.9. The van der Waals surface area contributed by atoms with Gasteiger partial charge < -0.3 is 14.9 Å². The van der Waals surface area contributed by atoms with Gasteiger partial charge in [-0.1, -0.05) is 78.4 Å². The molecule has 8 heteroatoms. The predicted molar refractivity (Wildman–Crippen MR) is 168 cm³/mol. The fourth-order valence-electron chi connectivity index (χ4n) is 5.83. The second kappa shape index (κ2) is 15.3. The molecular weight excluding hydrogens is 546 g/mol. The molecule has 3 aromatic carbocycles. The fourth-order valence-corrected chi connectivity index (χ4v) is 7.07. The average molecular weight is 592 g/mol. The molecule has 1 N–H and O–H groups in total. The molecule has 226 valence electrons. The molecule has 0 spiro atoms. The maximum atomic E-state index is 13.2. The van der Waals surface area contributed by atoms with Crippen LogP contribution in [-0.2, 0) is 16.6 Å². The number of benzene rings is 3. The molecule has 0 radical (unpaired) electrons. The van der Waals surface area contributed by atoms with Crippen LogP contribution in [0.4, 0.5) is 4.79 Å². The number of likely N-dealkylation sites (tertiary alicyclic amines) is 1. The Bertz CT molecular complexity index is 1340. The number of hydrogen-bond acceptors (Lipinski definition) is 4. The first-order valence-corrected chi connectivity index (χ1v) is 16.5. The van der Waals surface area contributed by atoms with E-state index in [9.17, 15) is 18.3 Å². The monoisotopic (exact) mass is 591 g/mol. The van der Waals surface area contributed by atoms with Gasteiger partial charge >= 0.3 is 6.09 Å². The van der Waals surface area contributed by atoms with E-state index in [-0.39, 0.29) is 5.92 Å². The number of likely N-dealkylation sites (N-methyl/N-ethyl adjacent to an activating group) is 1. The molecule has 0 aromatic heterocycles. The van der Waals surface area contributed by atoms with E-state index in [0.717, 1.165) is 62.9 Å². The van der Waals surface area contributed by atoms with Crippen molar-refractivity contribution in [1.29, 1.82) is 0 Å². The van der Waals surface area contributed by atoms with Gasteiger partial charge in [0.15, 0.2) is 0 Å². The minimum Gasteiger partial charge on any atom is -0.465 e. The number of sulfonamides is 1. The van der Waals surface area contributed by atoms with Crippen LogP contribution in [0.1, 0.15) is 54.7 Å². The fraction of sp³-hybridized carbons (Fsp3) is 0.441. The van der Waals surface area contributed by atoms with Gasteiger partial charge in [0, 0.05) is 26.7 Å². The summed E-state index contributed by atoms with van der Waals surface area (Å²) < 4.78 is 27.9. The second-order valence-corrected chi connectivity index (χ2v) is 13.7. The van der Waals surface area contributed by atoms with Crippen molar-refractivity contribution in [1.82, 2.24) is 14.1 Å². The van der Waals surface area contributed by atoms with Crippen molar-refractivity contribution in [3.63, 3.8) is 0 Å². The molecule has 7 nitrogen and oxygen atoms in total. The molecule has 0 saturated carbocycles. The molecule has 42 heavy (non-hydrogen) atoms. The molecule has 1 fully saturated rings. The lowest BCUT2D eigenvalue weighted by molar-refractivity contribution is 0.136. The standard InChI is InChI=1S/C34H45N3O4S/c1-28-15-17-30(18-16-28)26-37(34(38)39)22-9-10-29-19-23-36(24-20-29)25-21-32(31-11-5-3-6-12-31)27-35(2)42(40,41)33-13-7-4-8-14-33/h3-8,11-18,29,32H,9-10,19-27H2,1-2H3,(H,38,39). The summed E-state index contributed by atoms with van der Waals surface area (Å²) in [5.41, 5.74) is 3.36. The van der Waals surface area contributed by atoms with Crippen molar-refractivity contribution in [2.75, 3.05) is 39.8 Å². The summed E-state index contributed by atoms with van der Waals surface area (Å²) in [4.78, 5) is 16.1. The zero-order valence-corrected chi connectivity index (χ0v) is 25.8. The highest BCUT2D eigenvalue weighted by Gasteiger charge is 2.26. The van der Waals surface area contributed by atoms with E-state index in [1.165, 1.54) is 14.8 Å². The minimum absolute atomic E-state index is 0.0999. The van der Waals surface area contributed by atoms with Crippen molar-refractivity contribution in [3.8, 4) is 0 Å². The van der Waals surface area contributed by atoms with Crippen molar-refractivity contribution >= 4 is 16.1 Å². The molecule has 1 atom stereocenters. The number of carboxylic acid groups (broad SMARTS) is 1. The molecule has 1 aliphatic rings. The van der Waals surface area contributed by atoms with Crippen LogP contribution in [0.15, 0.2) is 89.8 Å². The van der Waals surface area contributed by atoms with Crippen LogP contribution in [-0.4, -0.2) is 73.5 Å². The first kappa shape index (κ1) is 31.7. The van der Waals surface area contributed by atoms with E-state index in [1.54, 1.807) is 31.3 Å². The smallest absolute Gasteiger partial charge is 0.407 e. The average Bonchev–Trinajstić information content (AvgIpc) is 3.01. The quantitative estimate of drug-likeness (QED) is 0.233. The van der Waals surface area contributed by atoms with Crippen LogP contribution in [0, 0.1) is 12.8 Å². The molecular formula is C34H45N3O4S. The topological polar surface area (TPSA) is 81.2 Å². The van der Waals surface area contributed by atoms with Gasteiger partial charge in [0.1, 0.15) is 0 Å². The van der Waals surface area contributed by atoms with Gasteiger partial charge in [-0.05, 0) is 93.8 Å². The Hall–Kier alpha value is -3.20. The number of carbonyl (C=O) groups is 1. The minimum atomic E-state index is -3.55. The SMILES string of the molecule is Cc1ccc(CN(CCCC2CCN(CCC(CN(C)S(=O)(=O)c3ccccc3)c3ccccc3)CC2)C(=O)O)cc1. The third-order valence-electron chi connectivity index (χ3n) is 8.51. The van der Waals surface area contributed by atoms with E-state index < -0.39 is 16.1 Å². The first-order valence-electron chi connectivity index (χ1n) is 15.0. The van der Waals surface area contributed by atoms with Crippen molar-refractivity contribution in [2.24, 2.45) is 5.92 Å². The normalized spacial score (nSPS) is 15.5. The number of piperidine rings is 1. The van der Waals surface area contributed by atoms with E-state index >= 15 is 0 Å². The Kier molecular flexibility index (Phi) is 11.6. The van der Waals surface area contributed by atoms with Gasteiger partial charge in [0.05, 0.1) is 4.90 Å². The van der Waals surface area contributed by atoms with Crippen LogP contribution < -0.4 is 0 Å². The Balaban J connectivity index is 1.24. The van der Waals surface area contributed by atoms with Crippen LogP contribution in [0.25, 0.3) is 0 Å². The molecule has 1 saturated heterocycles. The van der Waals surface area contributed by atoms with Gasteiger partial charge in [-0.3, -0.25) is 0 Å². The molecule has 1 unspecified atom stereocenters. The van der Waals surface area contributed by atoms with E-state index in [1.807, 2.05) is 55.5 Å². The third kappa shape index (κ3) is 9.15. The maximum absolute atomic E-state index is 13.2. The predicted octanol–water partition coefficient (Wildman–Crippen LogP) is 6.46. The number of rotatable bonds is 14. The summed E-state index contributed by atoms with van der Waals surface area (Å²) in [6.07, 6.45) is 4.17. The summed E-state index contributed by atoms with van der Waals surface area (Å²) in [6, 6.07) is 26.9. The summed E-state index contributed by atoms with van der Waals surface area (Å²) in [7, 11) is -1.88. The van der Waals surface area contributed by atoms with Crippen LogP contribution in [0.3, 0.4) is 0 Å². The van der Waals surface area contributed by atoms with Gasteiger partial charge in [-0.25, -0.2) is 17.5 Å². The van der Waals surface area contributed by atoms with Gasteiger partial charge in [-0.2, -0.15) is 0 Å². The maximum Gasteiger partial charge on any atom is 0.407 e. The zero-order chi connectivity index (χ0) is 30.0. The lowest BCUT2D eigenvalue weighted by atomic mass is 9.91. The Morgan fingerprint density at radius 1 is 0.952 bits per heavy atom. The van der Waals surface area contributed by atoms with Gasteiger partial charge in [0.25, 0.3) is 0 Å². The molecule has 4 rings (SSSR count). The van der Waals surface area contributed by atoms with Crippen LogP contribution in [0.2, 0.25) is 0 Å². The molecule has 0 aliphatic carbocycles. The van der Waals surface area contributed by atoms with Crippen molar-refractivity contribution in [2.45, 2.75) is 56.4 Å². The third-order valence-corrected chi connectivity index (χ3v) is 10.3. The lowest BCUT2D eigenvalue weighted by Gasteiger charge is -2.33. The lowest BCUT2D eigenvalue weighted by Crippen LogP contribution is -2.37. The second-order valence-electron chi connectivity index (χ2n) is 11.6. The Labute approximate surface area is 251 Å². The molecule has 3 aromatic rings. The largest absolute Gasteiger partial charge is 0.465 e. The van der Waals surface area contributed by atoms with Crippen molar-refractivity contribution in [3.05, 3.63) is 102 Å². The van der Waals surface area contributed by atoms with Crippen LogP contribution in [0.5, 0.6) is 0 Å². The van der Waals surface area contributed by atoms with Crippen LogP contribution >= 0.6 is 0 Å². The van der Waals surface area contributed by atoms with E-state index in [4.69, 9.17) is 0 Å². The summed E-state index contributed by atoms with van der Waals surface area (Å²) in [5, 5.41) is 9.69. The van der Waals surface area contributed by atoms with E-state index in [2.05, 4.69) is 17.0 Å². The summed E-state index contributed by atoms with van der Waals surface area (Å²) in [5.74, 6) is 0.714. The first-order chi connectivity index (χ1) is 20.2. The molecule has 0 bridgehead atoms. The van der Waals surface area contributed by atoms with Gasteiger partial charge in [0.2, 0.25) is 10.0 Å².